The van der Waals surface area contributed by atoms with Crippen LogP contribution in [-0.4, -0.2) is 23.2 Å². The highest BCUT2D eigenvalue weighted by atomic mass is 32.1. The highest BCUT2D eigenvalue weighted by Gasteiger charge is 2.29. The smallest absolute Gasteiger partial charge is 0.223 e. The molecule has 2 atom stereocenters. The molecule has 0 radical (unpaired) electrons. The molecule has 48 heavy (non-hydrogen) atoms. The van der Waals surface area contributed by atoms with Crippen LogP contribution >= 0.6 is 22.7 Å². The molecule has 0 amide bonds. The molecule has 0 aliphatic rings. The molecule has 9 rings (SSSR count). The summed E-state index contributed by atoms with van der Waals surface area (Å²) in [5.74, 6) is 2.61. The van der Waals surface area contributed by atoms with E-state index < -0.39 is 0 Å². The molecule has 0 spiro atoms. The van der Waals surface area contributed by atoms with Gasteiger partial charge in [0.15, 0.2) is 0 Å². The maximum absolute atomic E-state index is 6.82. The summed E-state index contributed by atoms with van der Waals surface area (Å²) >= 11 is 3.61. The molecular formula is C42H42N2O2S2. The van der Waals surface area contributed by atoms with Crippen LogP contribution in [0, 0.1) is 11.8 Å². The van der Waals surface area contributed by atoms with Crippen molar-refractivity contribution >= 4 is 108 Å². The third-order valence-electron chi connectivity index (χ3n) is 11.1. The number of nitrogens with zero attached hydrogens (tertiary/aromatic N) is 2. The molecule has 4 nitrogen and oxygen atoms in total. The SMILES string of the molecule is CCCCC(CC)COc1nc2ccc3c4ccsc4c4c(OCC(CC)CCCC)nc5ccc6c7ccsc7c1c1c2c3c4c5c61. The summed E-state index contributed by atoms with van der Waals surface area (Å²) in [6, 6.07) is 13.6. The van der Waals surface area contributed by atoms with Gasteiger partial charge in [0.25, 0.3) is 0 Å². The number of thiophene rings is 2. The van der Waals surface area contributed by atoms with E-state index in [1.54, 1.807) is 22.7 Å². The van der Waals surface area contributed by atoms with Gasteiger partial charge < -0.3 is 9.47 Å². The van der Waals surface area contributed by atoms with Crippen molar-refractivity contribution in [3.63, 3.8) is 0 Å². The fourth-order valence-corrected chi connectivity index (χ4v) is 10.3. The van der Waals surface area contributed by atoms with E-state index in [0.717, 1.165) is 46.4 Å². The summed E-state index contributed by atoms with van der Waals surface area (Å²) < 4.78 is 16.2. The van der Waals surface area contributed by atoms with Crippen LogP contribution in [-0.2, 0) is 0 Å². The van der Waals surface area contributed by atoms with E-state index in [9.17, 15) is 0 Å². The molecule has 244 valence electrons. The number of benzene rings is 5. The van der Waals surface area contributed by atoms with Crippen LogP contribution in [0.3, 0.4) is 0 Å². The van der Waals surface area contributed by atoms with Crippen molar-refractivity contribution in [1.29, 1.82) is 0 Å². The average Bonchev–Trinajstić information content (AvgIpc) is 3.81. The number of aromatic nitrogens is 2. The average molecular weight is 671 g/mol. The van der Waals surface area contributed by atoms with Crippen molar-refractivity contribution in [1.82, 2.24) is 9.97 Å². The number of pyridine rings is 2. The molecule has 4 heterocycles. The topological polar surface area (TPSA) is 44.2 Å². The van der Waals surface area contributed by atoms with E-state index >= 15 is 0 Å². The van der Waals surface area contributed by atoms with Crippen LogP contribution in [0.15, 0.2) is 47.2 Å². The van der Waals surface area contributed by atoms with Crippen LogP contribution in [0.4, 0.5) is 0 Å². The Kier molecular flexibility index (Phi) is 7.58. The standard InChI is InChI=1S/C42H42N2O2S2/c1-5-9-11-23(7-3)21-45-41-37-35-31-25(27-17-19-47-39(27)37)14-16-30-34(31)36-32-26(13-15-29(43-41)33(32)35)28-18-20-48-40(28)38(36)42(44-30)46-22-24(8-4)12-10-6-2/h13-20,23-24H,5-12,21-22H2,1-4H3. The van der Waals surface area contributed by atoms with Gasteiger partial charge in [-0.1, -0.05) is 78.4 Å². The van der Waals surface area contributed by atoms with Gasteiger partial charge in [0, 0.05) is 52.5 Å². The zero-order valence-electron chi connectivity index (χ0n) is 28.4. The predicted octanol–water partition coefficient (Wildman–Crippen LogP) is 13.3. The van der Waals surface area contributed by atoms with E-state index in [1.165, 1.54) is 102 Å². The Morgan fingerprint density at radius 3 is 1.40 bits per heavy atom. The Labute approximate surface area is 289 Å². The molecule has 0 N–H and O–H groups in total. The third-order valence-corrected chi connectivity index (χ3v) is 13.0. The minimum absolute atomic E-state index is 0.525. The number of fused-ring (bicyclic) bond motifs is 6. The van der Waals surface area contributed by atoms with Gasteiger partial charge >= 0.3 is 0 Å². The normalized spacial score (nSPS) is 14.1. The second-order valence-electron chi connectivity index (χ2n) is 13.9. The summed E-state index contributed by atoms with van der Waals surface area (Å²) in [4.78, 5) is 10.8. The largest absolute Gasteiger partial charge is 0.477 e. The first-order chi connectivity index (χ1) is 23.7. The van der Waals surface area contributed by atoms with Crippen molar-refractivity contribution in [2.75, 3.05) is 13.2 Å². The van der Waals surface area contributed by atoms with Crippen LogP contribution in [0.1, 0.15) is 79.1 Å². The number of hydrogen-bond donors (Lipinski definition) is 0. The lowest BCUT2D eigenvalue weighted by molar-refractivity contribution is 0.229. The fourth-order valence-electron chi connectivity index (χ4n) is 8.39. The van der Waals surface area contributed by atoms with Crippen molar-refractivity contribution < 1.29 is 9.47 Å². The highest BCUT2D eigenvalue weighted by molar-refractivity contribution is 7.19. The zero-order valence-corrected chi connectivity index (χ0v) is 30.0. The lowest BCUT2D eigenvalue weighted by atomic mass is 9.84. The molecule has 6 heteroatoms. The molecule has 0 aliphatic heterocycles. The first kappa shape index (κ1) is 30.3. The Balaban J connectivity index is 1.38. The van der Waals surface area contributed by atoms with Gasteiger partial charge in [0.05, 0.1) is 35.0 Å². The predicted molar refractivity (Wildman–Crippen MR) is 209 cm³/mol. The minimum atomic E-state index is 0.525. The van der Waals surface area contributed by atoms with Gasteiger partial charge in [0.2, 0.25) is 11.8 Å². The molecule has 9 aromatic rings. The lowest BCUT2D eigenvalue weighted by Crippen LogP contribution is -2.13. The van der Waals surface area contributed by atoms with Crippen LogP contribution in [0.2, 0.25) is 0 Å². The second kappa shape index (κ2) is 12.0. The molecule has 0 aliphatic carbocycles. The summed E-state index contributed by atoms with van der Waals surface area (Å²) in [5, 5.41) is 19.5. The fraction of sp³-hybridized carbons (Fsp3) is 0.381. The maximum atomic E-state index is 6.82. The third kappa shape index (κ3) is 4.37. The molecule has 0 bridgehead atoms. The number of rotatable bonds is 14. The number of hydrogen-bond acceptors (Lipinski definition) is 6. The molecule has 0 fully saturated rings. The number of ether oxygens (including phenoxy) is 2. The van der Waals surface area contributed by atoms with Gasteiger partial charge in [0.1, 0.15) is 0 Å². The van der Waals surface area contributed by atoms with Crippen molar-refractivity contribution in [2.45, 2.75) is 79.1 Å². The zero-order chi connectivity index (χ0) is 32.5. The number of unbranched alkanes of at least 4 members (excludes halogenated alkanes) is 2. The van der Waals surface area contributed by atoms with Gasteiger partial charge in [-0.25, -0.2) is 9.97 Å². The van der Waals surface area contributed by atoms with Crippen molar-refractivity contribution in [2.24, 2.45) is 11.8 Å². The minimum Gasteiger partial charge on any atom is -0.477 e. The first-order valence-corrected chi connectivity index (χ1v) is 19.9. The van der Waals surface area contributed by atoms with Crippen LogP contribution < -0.4 is 9.47 Å². The molecule has 0 saturated carbocycles. The Bertz CT molecular complexity index is 2370. The van der Waals surface area contributed by atoms with Gasteiger partial charge in [-0.15, -0.1) is 22.7 Å². The van der Waals surface area contributed by atoms with E-state index in [1.807, 2.05) is 0 Å². The van der Waals surface area contributed by atoms with Gasteiger partial charge in [-0.05, 0) is 70.5 Å². The first-order valence-electron chi connectivity index (χ1n) is 18.1. The summed E-state index contributed by atoms with van der Waals surface area (Å²) in [7, 11) is 0. The van der Waals surface area contributed by atoms with E-state index in [2.05, 4.69) is 74.9 Å². The molecule has 5 aromatic carbocycles. The van der Waals surface area contributed by atoms with Crippen molar-refractivity contribution in [3.8, 4) is 11.8 Å². The van der Waals surface area contributed by atoms with E-state index in [-0.39, 0.29) is 0 Å². The highest BCUT2D eigenvalue weighted by Crippen LogP contribution is 2.55. The van der Waals surface area contributed by atoms with E-state index in [4.69, 9.17) is 19.4 Å². The van der Waals surface area contributed by atoms with Crippen molar-refractivity contribution in [3.05, 3.63) is 47.2 Å². The summed E-state index contributed by atoms with van der Waals surface area (Å²) in [5.41, 5.74) is 2.01. The van der Waals surface area contributed by atoms with E-state index in [0.29, 0.717) is 25.0 Å². The molecule has 4 aromatic heterocycles. The summed E-state index contributed by atoms with van der Waals surface area (Å²) in [6.07, 6.45) is 9.50. The molecule has 2 unspecified atom stereocenters. The Morgan fingerprint density at radius 1 is 0.521 bits per heavy atom. The Morgan fingerprint density at radius 2 is 0.979 bits per heavy atom. The monoisotopic (exact) mass is 670 g/mol. The van der Waals surface area contributed by atoms with Crippen LogP contribution in [0.5, 0.6) is 11.8 Å². The quantitative estimate of drug-likeness (QED) is 0.0853. The second-order valence-corrected chi connectivity index (χ2v) is 15.7. The molecule has 0 saturated heterocycles. The molecular weight excluding hydrogens is 629 g/mol. The van der Waals surface area contributed by atoms with Gasteiger partial charge in [-0.2, -0.15) is 0 Å². The summed E-state index contributed by atoms with van der Waals surface area (Å²) in [6.45, 7) is 10.5. The van der Waals surface area contributed by atoms with Gasteiger partial charge in [-0.3, -0.25) is 0 Å². The maximum Gasteiger partial charge on any atom is 0.223 e. The lowest BCUT2D eigenvalue weighted by Gasteiger charge is -2.24. The Hall–Kier alpha value is -3.74. The van der Waals surface area contributed by atoms with Crippen LogP contribution in [0.25, 0.3) is 85.1 Å².